The molecule has 0 saturated heterocycles. The topological polar surface area (TPSA) is 38.9 Å². The summed E-state index contributed by atoms with van der Waals surface area (Å²) in [5, 5.41) is 3.83. The molecule has 0 saturated carbocycles. The summed E-state index contributed by atoms with van der Waals surface area (Å²) < 4.78 is 6.32. The number of furan rings is 1. The second kappa shape index (κ2) is 12.4. The summed E-state index contributed by atoms with van der Waals surface area (Å²) in [6, 6.07) is 31.2. The fourth-order valence-corrected chi connectivity index (χ4v) is 6.38. The second-order valence-corrected chi connectivity index (χ2v) is 16.0. The van der Waals surface area contributed by atoms with E-state index in [0.717, 1.165) is 40.1 Å². The smallest absolute Gasteiger partial charge is 0.120 e. The average molecular weight is 719 g/mol. The average Bonchev–Trinajstić information content (AvgIpc) is 3.32. The first kappa shape index (κ1) is 29.6. The molecule has 0 fully saturated rings. The molecule has 3 nitrogen and oxygen atoms in total. The standard InChI is InChI=1S/C23H24NOSi.C12H10N.Ir/c1-6-16-14-24-19(13-15(16)2)17-11-12-21(26(3,4)5)22-18-9-7-8-10-20(18)25-23(17)22;1-10-7-8-13-12(9-10)11-5-3-2-4-6-11;/h7-10,12-14H,6H2,1-5H3;2-5,7-9H,1H3;/q2*-1;. The van der Waals surface area contributed by atoms with Crippen LogP contribution in [-0.2, 0) is 26.5 Å². The minimum atomic E-state index is -1.54. The van der Waals surface area contributed by atoms with E-state index in [1.165, 1.54) is 32.6 Å². The summed E-state index contributed by atoms with van der Waals surface area (Å²) in [5.41, 5.74) is 9.56. The second-order valence-electron chi connectivity index (χ2n) is 11.0. The van der Waals surface area contributed by atoms with Crippen LogP contribution < -0.4 is 5.19 Å². The van der Waals surface area contributed by atoms with Crippen molar-refractivity contribution in [1.82, 2.24) is 9.97 Å². The van der Waals surface area contributed by atoms with E-state index in [4.69, 9.17) is 9.40 Å². The first-order valence-corrected chi connectivity index (χ1v) is 17.0. The molecule has 3 aromatic carbocycles. The van der Waals surface area contributed by atoms with Crippen LogP contribution in [0.25, 0.3) is 44.5 Å². The van der Waals surface area contributed by atoms with Gasteiger partial charge in [-0.3, -0.25) is 0 Å². The van der Waals surface area contributed by atoms with Crippen molar-refractivity contribution >= 4 is 35.2 Å². The van der Waals surface area contributed by atoms with Gasteiger partial charge in [0.1, 0.15) is 5.58 Å². The molecule has 0 N–H and O–H groups in total. The minimum Gasteiger partial charge on any atom is -0.501 e. The van der Waals surface area contributed by atoms with Crippen LogP contribution in [-0.4, -0.2) is 18.0 Å². The van der Waals surface area contributed by atoms with Crippen LogP contribution in [0.15, 0.2) is 89.6 Å². The summed E-state index contributed by atoms with van der Waals surface area (Å²) >= 11 is 0. The fourth-order valence-electron chi connectivity index (χ4n) is 4.88. The van der Waals surface area contributed by atoms with E-state index < -0.39 is 8.07 Å². The van der Waals surface area contributed by atoms with E-state index in [-0.39, 0.29) is 20.1 Å². The molecule has 0 amide bonds. The summed E-state index contributed by atoms with van der Waals surface area (Å²) in [6.45, 7) is 13.5. The van der Waals surface area contributed by atoms with Gasteiger partial charge in [-0.2, -0.15) is 0 Å². The van der Waals surface area contributed by atoms with Crippen LogP contribution in [0.1, 0.15) is 23.6 Å². The van der Waals surface area contributed by atoms with Gasteiger partial charge in [-0.05, 0) is 49.4 Å². The molecule has 3 heterocycles. The SMILES string of the molecule is CCc1cnc(-c2[c-]cc([Si](C)(C)C)c3c2oc2ccccc23)cc1C.Cc1ccnc(-c2[c-]cccc2)c1.[Ir]. The Morgan fingerprint density at radius 1 is 0.875 bits per heavy atom. The van der Waals surface area contributed by atoms with Gasteiger partial charge in [0.2, 0.25) is 0 Å². The molecule has 0 aliphatic carbocycles. The predicted molar refractivity (Wildman–Crippen MR) is 166 cm³/mol. The van der Waals surface area contributed by atoms with Crippen LogP contribution in [0.3, 0.4) is 0 Å². The van der Waals surface area contributed by atoms with Gasteiger partial charge in [0.05, 0.1) is 5.58 Å². The minimum absolute atomic E-state index is 0. The van der Waals surface area contributed by atoms with Gasteiger partial charge in [0, 0.05) is 46.0 Å². The summed E-state index contributed by atoms with van der Waals surface area (Å²) in [6.07, 6.45) is 4.81. The van der Waals surface area contributed by atoms with Crippen molar-refractivity contribution in [2.45, 2.75) is 46.8 Å². The van der Waals surface area contributed by atoms with Gasteiger partial charge in [-0.1, -0.05) is 79.0 Å². The number of hydrogen-bond donors (Lipinski definition) is 0. The molecule has 3 aromatic heterocycles. The Kier molecular flexibility index (Phi) is 9.20. The van der Waals surface area contributed by atoms with Crippen LogP contribution >= 0.6 is 0 Å². The summed E-state index contributed by atoms with van der Waals surface area (Å²) in [7, 11) is -1.54. The van der Waals surface area contributed by atoms with Gasteiger partial charge in [-0.25, -0.2) is 0 Å². The molecule has 1 radical (unpaired) electrons. The number of benzene rings is 3. The van der Waals surface area contributed by atoms with E-state index in [1.54, 1.807) is 0 Å². The number of aromatic nitrogens is 2. The molecule has 0 aliphatic heterocycles. The number of para-hydroxylation sites is 1. The first-order chi connectivity index (χ1) is 18.8. The number of pyridine rings is 2. The zero-order valence-electron chi connectivity index (χ0n) is 23.9. The summed E-state index contributed by atoms with van der Waals surface area (Å²) in [4.78, 5) is 8.99. The Balaban J connectivity index is 0.000000223. The maximum atomic E-state index is 6.32. The molecule has 6 rings (SSSR count). The molecule has 0 aliphatic rings. The Morgan fingerprint density at radius 2 is 1.65 bits per heavy atom. The molecule has 5 heteroatoms. The maximum Gasteiger partial charge on any atom is 0.120 e. The Labute approximate surface area is 252 Å². The monoisotopic (exact) mass is 719 g/mol. The van der Waals surface area contributed by atoms with Gasteiger partial charge >= 0.3 is 0 Å². The molecule has 0 spiro atoms. The van der Waals surface area contributed by atoms with Crippen LogP contribution in [0.2, 0.25) is 19.6 Å². The molecule has 0 atom stereocenters. The number of fused-ring (bicyclic) bond motifs is 3. The van der Waals surface area contributed by atoms with Crippen molar-refractivity contribution in [3.8, 4) is 22.5 Å². The Morgan fingerprint density at radius 3 is 2.33 bits per heavy atom. The molecule has 0 bridgehead atoms. The van der Waals surface area contributed by atoms with Gasteiger partial charge < -0.3 is 14.4 Å². The molecule has 6 aromatic rings. The molecular weight excluding hydrogens is 685 g/mol. The molecule has 40 heavy (non-hydrogen) atoms. The Bertz CT molecular complexity index is 1750. The van der Waals surface area contributed by atoms with E-state index in [1.807, 2.05) is 54.9 Å². The fraction of sp³-hybridized carbons (Fsp3) is 0.200. The maximum absolute atomic E-state index is 6.32. The third kappa shape index (κ3) is 6.18. The van der Waals surface area contributed by atoms with Gasteiger partial charge in [0.25, 0.3) is 0 Å². The van der Waals surface area contributed by atoms with Crippen molar-refractivity contribution < 1.29 is 24.5 Å². The summed E-state index contributed by atoms with van der Waals surface area (Å²) in [5.74, 6) is 0. The van der Waals surface area contributed by atoms with E-state index >= 15 is 0 Å². The predicted octanol–water partition coefficient (Wildman–Crippen LogP) is 8.72. The van der Waals surface area contributed by atoms with Crippen molar-refractivity contribution in [3.63, 3.8) is 0 Å². The van der Waals surface area contributed by atoms with Crippen molar-refractivity contribution in [1.29, 1.82) is 0 Å². The van der Waals surface area contributed by atoms with Crippen molar-refractivity contribution in [3.05, 3.63) is 114 Å². The van der Waals surface area contributed by atoms with Gasteiger partial charge in [-0.15, -0.1) is 53.2 Å². The van der Waals surface area contributed by atoms with Crippen LogP contribution in [0.5, 0.6) is 0 Å². The molecule has 205 valence electrons. The van der Waals surface area contributed by atoms with Crippen molar-refractivity contribution in [2.75, 3.05) is 0 Å². The quantitative estimate of drug-likeness (QED) is 0.135. The Hall–Kier alpha value is -3.37. The third-order valence-corrected chi connectivity index (χ3v) is 9.03. The number of hydrogen-bond acceptors (Lipinski definition) is 3. The van der Waals surface area contributed by atoms with Crippen molar-refractivity contribution in [2.24, 2.45) is 0 Å². The van der Waals surface area contributed by atoms with Crippen LogP contribution in [0, 0.1) is 26.0 Å². The van der Waals surface area contributed by atoms with E-state index in [9.17, 15) is 0 Å². The molecule has 0 unspecified atom stereocenters. The zero-order valence-corrected chi connectivity index (χ0v) is 27.3. The normalized spacial score (nSPS) is 11.2. The zero-order chi connectivity index (χ0) is 27.6. The van der Waals surface area contributed by atoms with Gasteiger partial charge in [0.15, 0.2) is 0 Å². The van der Waals surface area contributed by atoms with Crippen LogP contribution in [0.4, 0.5) is 0 Å². The van der Waals surface area contributed by atoms with E-state index in [2.05, 4.69) is 87.9 Å². The largest absolute Gasteiger partial charge is 0.501 e. The number of rotatable bonds is 4. The molecular formula is C35H34IrN2OSi-2. The third-order valence-electron chi connectivity index (χ3n) is 7.02. The van der Waals surface area contributed by atoms with E-state index in [0.29, 0.717) is 0 Å². The number of aryl methyl sites for hydroxylation is 3. The first-order valence-electron chi connectivity index (χ1n) is 13.5. The number of nitrogens with zero attached hydrogens (tertiary/aromatic N) is 2.